The Kier molecular flexibility index (Phi) is 7.58. The van der Waals surface area contributed by atoms with Crippen LogP contribution in [0.15, 0.2) is 0 Å². The van der Waals surface area contributed by atoms with Gasteiger partial charge in [0.15, 0.2) is 0 Å². The molecule has 0 bridgehead atoms. The van der Waals surface area contributed by atoms with Gasteiger partial charge in [0, 0.05) is 6.42 Å². The number of rotatable bonds is 8. The number of ether oxygens (including phenoxy) is 1. The highest BCUT2D eigenvalue weighted by Crippen LogP contribution is 2.52. The second-order valence-corrected chi connectivity index (χ2v) is 5.32. The Labute approximate surface area is 96.0 Å². The number of nitrogens with two attached hydrogens (primary N) is 1. The molecule has 16 heavy (non-hydrogen) atoms. The van der Waals surface area contributed by atoms with Gasteiger partial charge < -0.3 is 19.5 Å². The minimum Gasteiger partial charge on any atom is -0.469 e. The van der Waals surface area contributed by atoms with Crippen LogP contribution in [0.25, 0.3) is 0 Å². The van der Waals surface area contributed by atoms with E-state index in [1.165, 1.54) is 7.11 Å². The smallest absolute Gasteiger partial charge is 0.347 e. The van der Waals surface area contributed by atoms with E-state index in [4.69, 9.17) is 14.8 Å². The predicted molar refractivity (Wildman–Crippen MR) is 60.1 cm³/mol. The molecule has 0 rings (SSSR count). The maximum atomic E-state index is 12.1. The van der Waals surface area contributed by atoms with Crippen LogP contribution >= 0.6 is 7.60 Å². The third-order valence-corrected chi connectivity index (χ3v) is 4.20. The maximum Gasteiger partial charge on any atom is 0.347 e. The lowest BCUT2D eigenvalue weighted by Gasteiger charge is -2.22. The first-order valence-electron chi connectivity index (χ1n) is 5.21. The lowest BCUT2D eigenvalue weighted by molar-refractivity contribution is -0.140. The number of esters is 1. The highest BCUT2D eigenvalue weighted by molar-refractivity contribution is 7.54. The second-order valence-electron chi connectivity index (χ2n) is 3.06. The Morgan fingerprint density at radius 3 is 2.19 bits per heavy atom. The van der Waals surface area contributed by atoms with Crippen molar-refractivity contribution in [3.05, 3.63) is 0 Å². The highest BCUT2D eigenvalue weighted by atomic mass is 31.2. The molecule has 0 spiro atoms. The molecule has 0 aromatic heterocycles. The summed E-state index contributed by atoms with van der Waals surface area (Å²) in [6, 6.07) is 0. The van der Waals surface area contributed by atoms with Crippen molar-refractivity contribution < 1.29 is 23.1 Å². The molecule has 0 saturated heterocycles. The number of carbonyl (C=O) groups is 1. The SMILES string of the molecule is CCOP(=O)(OCC)C(N)CCC(=O)OC. The van der Waals surface area contributed by atoms with E-state index in [-0.39, 0.29) is 26.1 Å². The van der Waals surface area contributed by atoms with Crippen molar-refractivity contribution in [2.45, 2.75) is 32.5 Å². The summed E-state index contributed by atoms with van der Waals surface area (Å²) in [6.07, 6.45) is 0.311. The first-order chi connectivity index (χ1) is 7.50. The van der Waals surface area contributed by atoms with Gasteiger partial charge in [-0.2, -0.15) is 0 Å². The molecule has 0 radical (unpaired) electrons. The number of hydrogen-bond acceptors (Lipinski definition) is 6. The molecule has 0 amide bonds. The molecule has 1 atom stereocenters. The largest absolute Gasteiger partial charge is 0.469 e. The molecule has 0 saturated carbocycles. The molecule has 7 heteroatoms. The van der Waals surface area contributed by atoms with Gasteiger partial charge in [-0.15, -0.1) is 0 Å². The van der Waals surface area contributed by atoms with Crippen LogP contribution in [-0.4, -0.2) is 32.1 Å². The summed E-state index contributed by atoms with van der Waals surface area (Å²) in [5.41, 5.74) is 5.71. The quantitative estimate of drug-likeness (QED) is 0.521. The van der Waals surface area contributed by atoms with Gasteiger partial charge in [-0.1, -0.05) is 0 Å². The van der Waals surface area contributed by atoms with E-state index in [1.807, 2.05) is 0 Å². The van der Waals surface area contributed by atoms with E-state index in [2.05, 4.69) is 4.74 Å². The van der Waals surface area contributed by atoms with Crippen molar-refractivity contribution in [3.63, 3.8) is 0 Å². The third-order valence-electron chi connectivity index (χ3n) is 1.90. The molecule has 0 aromatic carbocycles. The van der Waals surface area contributed by atoms with Gasteiger partial charge in [0.1, 0.15) is 5.78 Å². The van der Waals surface area contributed by atoms with E-state index in [0.717, 1.165) is 0 Å². The van der Waals surface area contributed by atoms with Crippen LogP contribution in [0.3, 0.4) is 0 Å². The summed E-state index contributed by atoms with van der Waals surface area (Å²) in [4.78, 5) is 10.9. The summed E-state index contributed by atoms with van der Waals surface area (Å²) >= 11 is 0. The zero-order valence-electron chi connectivity index (χ0n) is 9.97. The van der Waals surface area contributed by atoms with Crippen molar-refractivity contribution in [1.82, 2.24) is 0 Å². The van der Waals surface area contributed by atoms with Crippen molar-refractivity contribution >= 4 is 13.6 Å². The van der Waals surface area contributed by atoms with Gasteiger partial charge >= 0.3 is 13.6 Å². The van der Waals surface area contributed by atoms with E-state index >= 15 is 0 Å². The van der Waals surface area contributed by atoms with Crippen molar-refractivity contribution in [3.8, 4) is 0 Å². The van der Waals surface area contributed by atoms with Gasteiger partial charge in [0.05, 0.1) is 20.3 Å². The molecule has 0 aliphatic rings. The molecular weight excluding hydrogens is 233 g/mol. The van der Waals surface area contributed by atoms with Gasteiger partial charge in [0.2, 0.25) is 0 Å². The van der Waals surface area contributed by atoms with Gasteiger partial charge in [-0.25, -0.2) is 0 Å². The lowest BCUT2D eigenvalue weighted by Crippen LogP contribution is -2.24. The van der Waals surface area contributed by atoms with E-state index in [9.17, 15) is 9.36 Å². The maximum absolute atomic E-state index is 12.1. The normalized spacial score (nSPS) is 13.5. The molecule has 1 unspecified atom stereocenters. The molecule has 0 aliphatic carbocycles. The lowest BCUT2D eigenvalue weighted by atomic mass is 10.3. The van der Waals surface area contributed by atoms with Gasteiger partial charge in [-0.3, -0.25) is 9.36 Å². The highest BCUT2D eigenvalue weighted by Gasteiger charge is 2.32. The molecule has 0 aliphatic heterocycles. The summed E-state index contributed by atoms with van der Waals surface area (Å²) in [5.74, 6) is -1.19. The van der Waals surface area contributed by atoms with E-state index in [1.54, 1.807) is 13.8 Å². The second kappa shape index (κ2) is 7.79. The molecule has 6 nitrogen and oxygen atoms in total. The minimum atomic E-state index is -3.31. The van der Waals surface area contributed by atoms with Crippen LogP contribution in [0.5, 0.6) is 0 Å². The van der Waals surface area contributed by atoms with Crippen LogP contribution in [-0.2, 0) is 23.1 Å². The Morgan fingerprint density at radius 2 is 1.81 bits per heavy atom. The molecule has 96 valence electrons. The van der Waals surface area contributed by atoms with Crippen LogP contribution < -0.4 is 5.73 Å². The zero-order chi connectivity index (χ0) is 12.6. The third kappa shape index (κ3) is 5.07. The van der Waals surface area contributed by atoms with Crippen LogP contribution in [0.1, 0.15) is 26.7 Å². The average Bonchev–Trinajstić information content (AvgIpc) is 2.25. The minimum absolute atomic E-state index is 0.0990. The Balaban J connectivity index is 4.32. The van der Waals surface area contributed by atoms with Crippen LogP contribution in [0.2, 0.25) is 0 Å². The fourth-order valence-electron chi connectivity index (χ4n) is 1.11. The van der Waals surface area contributed by atoms with Crippen LogP contribution in [0, 0.1) is 0 Å². The van der Waals surface area contributed by atoms with Crippen molar-refractivity contribution in [2.24, 2.45) is 5.73 Å². The van der Waals surface area contributed by atoms with Crippen molar-refractivity contribution in [1.29, 1.82) is 0 Å². The summed E-state index contributed by atoms with van der Waals surface area (Å²) in [6.45, 7) is 3.92. The number of carbonyl (C=O) groups excluding carboxylic acids is 1. The zero-order valence-corrected chi connectivity index (χ0v) is 10.9. The first-order valence-corrected chi connectivity index (χ1v) is 6.82. The topological polar surface area (TPSA) is 87.9 Å². The van der Waals surface area contributed by atoms with Crippen molar-refractivity contribution in [2.75, 3.05) is 20.3 Å². The monoisotopic (exact) mass is 253 g/mol. The average molecular weight is 253 g/mol. The fraction of sp³-hybridized carbons (Fsp3) is 0.889. The Morgan fingerprint density at radius 1 is 1.31 bits per heavy atom. The summed E-state index contributed by atoms with van der Waals surface area (Å²) < 4.78 is 26.7. The summed E-state index contributed by atoms with van der Waals surface area (Å²) in [7, 11) is -2.02. The van der Waals surface area contributed by atoms with E-state index < -0.39 is 19.3 Å². The van der Waals surface area contributed by atoms with E-state index in [0.29, 0.717) is 0 Å². The number of methoxy groups -OCH3 is 1. The van der Waals surface area contributed by atoms with Crippen LogP contribution in [0.4, 0.5) is 0 Å². The fourth-order valence-corrected chi connectivity index (χ4v) is 2.74. The Hall–Kier alpha value is -0.420. The Bertz CT molecular complexity index is 248. The molecule has 0 heterocycles. The molecule has 0 aromatic rings. The standard InChI is InChI=1S/C9H20NO5P/c1-4-14-16(12,15-5-2)8(10)6-7-9(11)13-3/h8H,4-7,10H2,1-3H3. The first kappa shape index (κ1) is 15.6. The summed E-state index contributed by atoms with van der Waals surface area (Å²) in [5, 5.41) is 0. The number of hydrogen-bond donors (Lipinski definition) is 1. The predicted octanol–water partition coefficient (Wildman–Crippen LogP) is 1.49. The molecule has 0 fully saturated rings. The molecular formula is C9H20NO5P. The van der Waals surface area contributed by atoms with Gasteiger partial charge in [0.25, 0.3) is 0 Å². The molecule has 2 N–H and O–H groups in total. The van der Waals surface area contributed by atoms with Gasteiger partial charge in [-0.05, 0) is 20.3 Å².